The molecular weight excluding hydrogens is 384 g/mol. The molecule has 0 fully saturated rings. The summed E-state index contributed by atoms with van der Waals surface area (Å²) in [5.41, 5.74) is 6.30. The minimum Gasteiger partial charge on any atom is -0.271 e. The van der Waals surface area contributed by atoms with E-state index in [0.717, 1.165) is 33.2 Å². The van der Waals surface area contributed by atoms with Gasteiger partial charge in [-0.15, -0.1) is 0 Å². The van der Waals surface area contributed by atoms with Gasteiger partial charge in [0.1, 0.15) is 0 Å². The van der Waals surface area contributed by atoms with Crippen LogP contribution in [0, 0.1) is 6.92 Å². The van der Waals surface area contributed by atoms with Crippen molar-refractivity contribution in [2.75, 3.05) is 0 Å². The van der Waals surface area contributed by atoms with Crippen LogP contribution in [-0.2, 0) is 19.9 Å². The molecule has 0 aliphatic carbocycles. The zero-order chi connectivity index (χ0) is 14.7. The van der Waals surface area contributed by atoms with Gasteiger partial charge >= 0.3 is 0 Å². The Morgan fingerprint density at radius 3 is 2.55 bits per heavy atom. The van der Waals surface area contributed by atoms with E-state index in [1.54, 1.807) is 0 Å². The van der Waals surface area contributed by atoms with Crippen molar-refractivity contribution in [2.24, 2.45) is 12.9 Å². The minimum absolute atomic E-state index is 0.153. The van der Waals surface area contributed by atoms with E-state index >= 15 is 0 Å². The molecule has 1 unspecified atom stereocenters. The van der Waals surface area contributed by atoms with E-state index in [1.807, 2.05) is 36.9 Å². The zero-order valence-corrected chi connectivity index (χ0v) is 14.7. The number of aryl methyl sites for hydroxylation is 2. The number of hydrogen-bond acceptors (Lipinski definition) is 3. The fourth-order valence-corrected chi connectivity index (χ4v) is 3.20. The first-order valence-electron chi connectivity index (χ1n) is 6.40. The van der Waals surface area contributed by atoms with Crippen molar-refractivity contribution in [3.63, 3.8) is 0 Å². The normalized spacial score (nSPS) is 12.7. The van der Waals surface area contributed by atoms with Crippen LogP contribution in [0.4, 0.5) is 0 Å². The zero-order valence-electron chi connectivity index (χ0n) is 11.5. The number of benzene rings is 1. The predicted molar refractivity (Wildman–Crippen MR) is 88.3 cm³/mol. The second kappa shape index (κ2) is 6.85. The molecule has 4 nitrogen and oxygen atoms in total. The lowest BCUT2D eigenvalue weighted by Crippen LogP contribution is -2.39. The summed E-state index contributed by atoms with van der Waals surface area (Å²) >= 11 is 7.17. The highest BCUT2D eigenvalue weighted by molar-refractivity contribution is 9.10. The van der Waals surface area contributed by atoms with Gasteiger partial charge in [0.15, 0.2) is 0 Å². The molecule has 1 heterocycles. The first-order chi connectivity index (χ1) is 9.52. The second-order valence-corrected chi connectivity index (χ2v) is 6.48. The molecule has 0 spiro atoms. The van der Waals surface area contributed by atoms with Gasteiger partial charge < -0.3 is 0 Å². The van der Waals surface area contributed by atoms with Crippen LogP contribution in [-0.4, -0.2) is 15.8 Å². The molecule has 0 bridgehead atoms. The Hall–Kier alpha value is -0.690. The van der Waals surface area contributed by atoms with Gasteiger partial charge in [0, 0.05) is 24.0 Å². The van der Waals surface area contributed by atoms with Crippen LogP contribution in [0.15, 0.2) is 33.2 Å². The third kappa shape index (κ3) is 3.49. The molecule has 1 aromatic heterocycles. The van der Waals surface area contributed by atoms with Gasteiger partial charge in [0.25, 0.3) is 0 Å². The molecule has 20 heavy (non-hydrogen) atoms. The smallest absolute Gasteiger partial charge is 0.0738 e. The van der Waals surface area contributed by atoms with Crippen LogP contribution >= 0.6 is 31.9 Å². The van der Waals surface area contributed by atoms with E-state index in [2.05, 4.69) is 48.5 Å². The number of nitrogens with zero attached hydrogens (tertiary/aromatic N) is 2. The third-order valence-corrected chi connectivity index (χ3v) is 5.17. The number of hydrogen-bond donors (Lipinski definition) is 2. The summed E-state index contributed by atoms with van der Waals surface area (Å²) in [4.78, 5) is 0. The molecule has 108 valence electrons. The maximum Gasteiger partial charge on any atom is 0.0738 e. The number of halogens is 2. The van der Waals surface area contributed by atoms with E-state index in [1.165, 1.54) is 5.56 Å². The highest BCUT2D eigenvalue weighted by Crippen LogP contribution is 2.23. The summed E-state index contributed by atoms with van der Waals surface area (Å²) in [6, 6.07) is 8.36. The molecule has 3 N–H and O–H groups in total. The molecule has 2 rings (SSSR count). The number of nitrogens with one attached hydrogen (secondary N) is 1. The van der Waals surface area contributed by atoms with Gasteiger partial charge in [0.05, 0.1) is 15.9 Å². The molecule has 0 radical (unpaired) electrons. The van der Waals surface area contributed by atoms with E-state index < -0.39 is 0 Å². The lowest BCUT2D eigenvalue weighted by molar-refractivity contribution is 0.504. The topological polar surface area (TPSA) is 55.9 Å². The third-order valence-electron chi connectivity index (χ3n) is 3.36. The Labute approximate surface area is 136 Å². The summed E-state index contributed by atoms with van der Waals surface area (Å²) < 4.78 is 4.08. The van der Waals surface area contributed by atoms with Crippen LogP contribution in [0.2, 0.25) is 0 Å². The van der Waals surface area contributed by atoms with Crippen LogP contribution in [0.5, 0.6) is 0 Å². The molecule has 0 aliphatic rings. The Morgan fingerprint density at radius 2 is 2.00 bits per heavy atom. The van der Waals surface area contributed by atoms with Gasteiger partial charge in [-0.25, -0.2) is 0 Å². The van der Waals surface area contributed by atoms with E-state index in [4.69, 9.17) is 5.84 Å². The molecule has 0 amide bonds. The van der Waals surface area contributed by atoms with Gasteiger partial charge in [-0.1, -0.05) is 34.1 Å². The Balaban J connectivity index is 2.15. The molecule has 0 saturated carbocycles. The number of rotatable bonds is 5. The first-order valence-corrected chi connectivity index (χ1v) is 7.99. The fraction of sp³-hybridized carbons (Fsp3) is 0.357. The van der Waals surface area contributed by atoms with Crippen molar-refractivity contribution in [3.8, 4) is 0 Å². The van der Waals surface area contributed by atoms with Gasteiger partial charge in [0.2, 0.25) is 0 Å². The van der Waals surface area contributed by atoms with Gasteiger partial charge in [-0.05, 0) is 40.9 Å². The Morgan fingerprint density at radius 1 is 1.30 bits per heavy atom. The highest BCUT2D eigenvalue weighted by atomic mass is 79.9. The van der Waals surface area contributed by atoms with Crippen molar-refractivity contribution < 1.29 is 0 Å². The fourth-order valence-electron chi connectivity index (χ4n) is 2.25. The minimum atomic E-state index is 0.153. The van der Waals surface area contributed by atoms with Crippen molar-refractivity contribution in [2.45, 2.75) is 25.8 Å². The van der Waals surface area contributed by atoms with Gasteiger partial charge in [-0.2, -0.15) is 5.10 Å². The van der Waals surface area contributed by atoms with Crippen LogP contribution in [0.25, 0.3) is 0 Å². The van der Waals surface area contributed by atoms with Crippen LogP contribution in [0.3, 0.4) is 0 Å². The Bertz CT molecular complexity index is 595. The monoisotopic (exact) mass is 400 g/mol. The summed E-state index contributed by atoms with van der Waals surface area (Å²) in [7, 11) is 1.96. The summed E-state index contributed by atoms with van der Waals surface area (Å²) in [6.45, 7) is 1.99. The largest absolute Gasteiger partial charge is 0.271 e. The number of hydrazine groups is 1. The second-order valence-electron chi connectivity index (χ2n) is 4.83. The van der Waals surface area contributed by atoms with Crippen molar-refractivity contribution in [3.05, 3.63) is 50.2 Å². The lowest BCUT2D eigenvalue weighted by Gasteiger charge is -2.17. The van der Waals surface area contributed by atoms with Crippen LogP contribution < -0.4 is 11.3 Å². The highest BCUT2D eigenvalue weighted by Gasteiger charge is 2.17. The predicted octanol–water partition coefficient (Wildman–Crippen LogP) is 2.87. The number of nitrogens with two attached hydrogens (primary N) is 1. The lowest BCUT2D eigenvalue weighted by atomic mass is 10.0. The van der Waals surface area contributed by atoms with E-state index in [-0.39, 0.29) is 6.04 Å². The van der Waals surface area contributed by atoms with E-state index in [9.17, 15) is 0 Å². The average Bonchev–Trinajstić information content (AvgIpc) is 2.66. The van der Waals surface area contributed by atoms with E-state index in [0.29, 0.717) is 0 Å². The number of aromatic nitrogens is 2. The summed E-state index contributed by atoms with van der Waals surface area (Å²) in [5, 5.41) is 4.41. The quantitative estimate of drug-likeness (QED) is 0.598. The molecule has 1 aromatic carbocycles. The average molecular weight is 402 g/mol. The van der Waals surface area contributed by atoms with Crippen molar-refractivity contribution in [1.29, 1.82) is 0 Å². The van der Waals surface area contributed by atoms with Gasteiger partial charge in [-0.3, -0.25) is 16.0 Å². The summed E-state index contributed by atoms with van der Waals surface area (Å²) in [6.07, 6.45) is 1.67. The molecule has 0 aliphatic heterocycles. The van der Waals surface area contributed by atoms with Crippen LogP contribution in [0.1, 0.15) is 17.0 Å². The molecule has 6 heteroatoms. The molecule has 1 atom stereocenters. The SMILES string of the molecule is Cc1nn(C)c(CC(Cc2ccccc2Br)NN)c1Br. The first kappa shape index (κ1) is 15.7. The molecular formula is C14H18Br2N4. The standard InChI is InChI=1S/C14H18Br2N4/c1-9-14(16)13(20(2)19-9)8-11(18-17)7-10-5-3-4-6-12(10)15/h3-6,11,18H,7-8,17H2,1-2H3. The maximum absolute atomic E-state index is 5.72. The van der Waals surface area contributed by atoms with Crippen molar-refractivity contribution >= 4 is 31.9 Å². The molecule has 0 saturated heterocycles. The summed E-state index contributed by atoms with van der Waals surface area (Å²) in [5.74, 6) is 5.72. The van der Waals surface area contributed by atoms with Crippen molar-refractivity contribution in [1.82, 2.24) is 15.2 Å². The Kier molecular flexibility index (Phi) is 5.37. The molecule has 2 aromatic rings. The maximum atomic E-state index is 5.72.